The maximum Gasteiger partial charge on any atom is 0.234 e. The second kappa shape index (κ2) is 9.09. The number of methoxy groups -OCH3 is 4. The third-order valence-corrected chi connectivity index (χ3v) is 6.13. The lowest BCUT2D eigenvalue weighted by Gasteiger charge is -2.47. The van der Waals surface area contributed by atoms with Crippen molar-refractivity contribution in [3.63, 3.8) is 0 Å². The van der Waals surface area contributed by atoms with Crippen LogP contribution in [0, 0.1) is 11.8 Å². The topological polar surface area (TPSA) is 107 Å². The Morgan fingerprint density at radius 2 is 1.64 bits per heavy atom. The minimum absolute atomic E-state index is 0.0228. The largest absolute Gasteiger partial charge is 0.504 e. The number of β-lactam (4-membered cyclic amide) rings is 1. The molecule has 1 aliphatic heterocycles. The van der Waals surface area contributed by atoms with Crippen LogP contribution in [-0.2, 0) is 9.59 Å². The lowest BCUT2D eigenvalue weighted by molar-refractivity contribution is -0.131. The Morgan fingerprint density at radius 3 is 2.15 bits per heavy atom. The number of hydrogen-bond acceptors (Lipinski definition) is 7. The zero-order valence-electron chi connectivity index (χ0n) is 19.1. The first-order chi connectivity index (χ1) is 15.9. The van der Waals surface area contributed by atoms with Gasteiger partial charge in [0.1, 0.15) is 0 Å². The number of carbonyl (C=O) groups excluding carboxylic acids is 2. The molecule has 1 saturated carbocycles. The van der Waals surface area contributed by atoms with Crippen molar-refractivity contribution in [2.75, 3.05) is 39.9 Å². The minimum Gasteiger partial charge on any atom is -0.504 e. The average Bonchev–Trinajstić information content (AvgIpc) is 3.67. The van der Waals surface area contributed by atoms with Crippen LogP contribution in [0.25, 0.3) is 0 Å². The van der Waals surface area contributed by atoms with Crippen LogP contribution in [0.3, 0.4) is 0 Å². The maximum atomic E-state index is 13.3. The van der Waals surface area contributed by atoms with Gasteiger partial charge in [0.25, 0.3) is 0 Å². The van der Waals surface area contributed by atoms with Gasteiger partial charge in [0.2, 0.25) is 17.6 Å². The molecule has 9 nitrogen and oxygen atoms in total. The summed E-state index contributed by atoms with van der Waals surface area (Å²) < 4.78 is 21.4. The number of rotatable bonds is 9. The van der Waals surface area contributed by atoms with Crippen molar-refractivity contribution in [3.05, 3.63) is 35.9 Å². The highest BCUT2D eigenvalue weighted by molar-refractivity contribution is 6.04. The van der Waals surface area contributed by atoms with Crippen LogP contribution in [0.15, 0.2) is 30.3 Å². The zero-order chi connectivity index (χ0) is 23.7. The summed E-state index contributed by atoms with van der Waals surface area (Å²) in [7, 11) is 6.00. The van der Waals surface area contributed by atoms with Gasteiger partial charge >= 0.3 is 0 Å². The van der Waals surface area contributed by atoms with Gasteiger partial charge in [0.15, 0.2) is 23.0 Å². The number of ether oxygens (including phenoxy) is 4. The van der Waals surface area contributed by atoms with Crippen LogP contribution in [0.2, 0.25) is 0 Å². The number of amides is 2. The molecule has 0 unspecified atom stereocenters. The molecule has 176 valence electrons. The van der Waals surface area contributed by atoms with E-state index in [-0.39, 0.29) is 30.0 Å². The van der Waals surface area contributed by atoms with E-state index in [2.05, 4.69) is 5.32 Å². The van der Waals surface area contributed by atoms with E-state index >= 15 is 0 Å². The molecule has 0 spiro atoms. The smallest absolute Gasteiger partial charge is 0.234 e. The normalized spacial score (nSPS) is 19.5. The number of nitrogens with one attached hydrogen (secondary N) is 1. The summed E-state index contributed by atoms with van der Waals surface area (Å²) in [6.45, 7) is 0.215. The first kappa shape index (κ1) is 22.6. The highest BCUT2D eigenvalue weighted by atomic mass is 16.5. The third kappa shape index (κ3) is 4.10. The Kier molecular flexibility index (Phi) is 6.22. The Morgan fingerprint density at radius 1 is 1.00 bits per heavy atom. The SMILES string of the molecule is COc1ccc([C@H]2[C@H](CNC(=O)C3CC3)C(=O)N2c2cc(OC)c(OC)c(OC)c2)cc1O. The van der Waals surface area contributed by atoms with Crippen molar-refractivity contribution in [1.29, 1.82) is 0 Å². The van der Waals surface area contributed by atoms with Crippen molar-refractivity contribution in [1.82, 2.24) is 5.32 Å². The molecule has 33 heavy (non-hydrogen) atoms. The fraction of sp³-hybridized carbons (Fsp3) is 0.417. The molecule has 2 fully saturated rings. The minimum atomic E-state index is -0.486. The van der Waals surface area contributed by atoms with Crippen molar-refractivity contribution >= 4 is 17.5 Å². The Balaban J connectivity index is 1.70. The molecule has 0 aromatic heterocycles. The van der Waals surface area contributed by atoms with Crippen molar-refractivity contribution in [2.45, 2.75) is 18.9 Å². The summed E-state index contributed by atoms with van der Waals surface area (Å²) in [4.78, 5) is 27.1. The number of nitrogens with zero attached hydrogens (tertiary/aromatic N) is 1. The number of phenols is 1. The fourth-order valence-corrected chi connectivity index (χ4v) is 4.21. The number of anilines is 1. The second-order valence-electron chi connectivity index (χ2n) is 8.09. The molecule has 9 heteroatoms. The predicted octanol–water partition coefficient (Wildman–Crippen LogP) is 2.66. The van der Waals surface area contributed by atoms with Crippen LogP contribution in [0.4, 0.5) is 5.69 Å². The Labute approximate surface area is 192 Å². The molecule has 4 rings (SSSR count). The summed E-state index contributed by atoms with van der Waals surface area (Å²) >= 11 is 0. The molecule has 2 aliphatic rings. The Hall–Kier alpha value is -3.62. The molecule has 2 N–H and O–H groups in total. The number of hydrogen-bond donors (Lipinski definition) is 2. The van der Waals surface area contributed by atoms with Crippen molar-refractivity contribution in [3.8, 4) is 28.7 Å². The molecular formula is C24H28N2O7. The van der Waals surface area contributed by atoms with Crippen LogP contribution < -0.4 is 29.2 Å². The van der Waals surface area contributed by atoms with E-state index in [0.717, 1.165) is 12.8 Å². The lowest BCUT2D eigenvalue weighted by Crippen LogP contribution is -2.58. The van der Waals surface area contributed by atoms with Crippen LogP contribution in [0.5, 0.6) is 28.7 Å². The second-order valence-corrected chi connectivity index (χ2v) is 8.09. The van der Waals surface area contributed by atoms with Gasteiger partial charge in [0.05, 0.1) is 46.1 Å². The third-order valence-electron chi connectivity index (χ3n) is 6.13. The monoisotopic (exact) mass is 456 g/mol. The highest BCUT2D eigenvalue weighted by Gasteiger charge is 2.49. The molecule has 0 radical (unpaired) electrons. The van der Waals surface area contributed by atoms with Gasteiger partial charge in [-0.25, -0.2) is 0 Å². The number of aromatic hydroxyl groups is 1. The first-order valence-corrected chi connectivity index (χ1v) is 10.7. The molecule has 1 aliphatic carbocycles. The van der Waals surface area contributed by atoms with E-state index in [4.69, 9.17) is 18.9 Å². The lowest BCUT2D eigenvalue weighted by atomic mass is 9.81. The van der Waals surface area contributed by atoms with Crippen LogP contribution >= 0.6 is 0 Å². The average molecular weight is 456 g/mol. The van der Waals surface area contributed by atoms with E-state index in [9.17, 15) is 14.7 Å². The van der Waals surface area contributed by atoms with Gasteiger partial charge in [-0.3, -0.25) is 9.59 Å². The zero-order valence-corrected chi connectivity index (χ0v) is 19.1. The molecule has 1 heterocycles. The van der Waals surface area contributed by atoms with E-state index in [1.807, 2.05) is 0 Å². The standard InChI is InChI=1S/C24H28N2O7/c1-30-18-8-7-14(9-17(18)27)21-16(12-25-23(28)13-5-6-13)24(29)26(21)15-10-19(31-2)22(33-4)20(11-15)32-3/h7-11,13,16,21,27H,5-6,12H2,1-4H3,(H,25,28)/t16-,21-/m0/s1. The molecule has 2 amide bonds. The van der Waals surface area contributed by atoms with Crippen LogP contribution in [-0.4, -0.2) is 51.9 Å². The van der Waals surface area contributed by atoms with E-state index in [1.165, 1.54) is 28.4 Å². The quantitative estimate of drug-likeness (QED) is 0.559. The molecule has 2 aromatic carbocycles. The molecule has 0 bridgehead atoms. The summed E-state index contributed by atoms with van der Waals surface area (Å²) in [6, 6.07) is 8.02. The predicted molar refractivity (Wildman–Crippen MR) is 120 cm³/mol. The van der Waals surface area contributed by atoms with Gasteiger partial charge in [-0.15, -0.1) is 0 Å². The van der Waals surface area contributed by atoms with Gasteiger partial charge in [0, 0.05) is 24.6 Å². The van der Waals surface area contributed by atoms with Crippen LogP contribution in [0.1, 0.15) is 24.4 Å². The van der Waals surface area contributed by atoms with E-state index in [0.29, 0.717) is 34.2 Å². The van der Waals surface area contributed by atoms with Gasteiger partial charge in [-0.2, -0.15) is 0 Å². The first-order valence-electron chi connectivity index (χ1n) is 10.7. The summed E-state index contributed by atoms with van der Waals surface area (Å²) in [5.74, 6) is 0.953. The number of carbonyl (C=O) groups is 2. The van der Waals surface area contributed by atoms with E-state index in [1.54, 1.807) is 35.2 Å². The molecular weight excluding hydrogens is 428 g/mol. The highest BCUT2D eigenvalue weighted by Crippen LogP contribution is 2.49. The Bertz CT molecular complexity index is 1040. The van der Waals surface area contributed by atoms with Crippen molar-refractivity contribution < 1.29 is 33.6 Å². The van der Waals surface area contributed by atoms with Gasteiger partial charge in [-0.05, 0) is 30.5 Å². The molecule has 1 saturated heterocycles. The van der Waals surface area contributed by atoms with Gasteiger partial charge < -0.3 is 34.3 Å². The molecule has 2 atom stereocenters. The van der Waals surface area contributed by atoms with E-state index < -0.39 is 12.0 Å². The fourth-order valence-electron chi connectivity index (χ4n) is 4.21. The maximum absolute atomic E-state index is 13.3. The number of phenolic OH excluding ortho intramolecular Hbond substituents is 1. The number of benzene rings is 2. The summed E-state index contributed by atoms with van der Waals surface area (Å²) in [6.07, 6.45) is 1.77. The summed E-state index contributed by atoms with van der Waals surface area (Å²) in [5.41, 5.74) is 1.27. The van der Waals surface area contributed by atoms with Crippen molar-refractivity contribution in [2.24, 2.45) is 11.8 Å². The summed E-state index contributed by atoms with van der Waals surface area (Å²) in [5, 5.41) is 13.3. The van der Waals surface area contributed by atoms with Gasteiger partial charge in [-0.1, -0.05) is 6.07 Å². The molecule has 2 aromatic rings.